The van der Waals surface area contributed by atoms with Crippen LogP contribution >= 0.6 is 0 Å². The van der Waals surface area contributed by atoms with E-state index < -0.39 is 11.9 Å². The number of nitrogens with one attached hydrogen (secondary N) is 1. The number of carboxylic acids is 2. The molecule has 3 aromatic rings. The highest BCUT2D eigenvalue weighted by Crippen LogP contribution is 2.45. The summed E-state index contributed by atoms with van der Waals surface area (Å²) in [6.07, 6.45) is 7.79. The molecule has 282 valence electrons. The van der Waals surface area contributed by atoms with Gasteiger partial charge < -0.3 is 44.7 Å². The maximum Gasteiger partial charge on any atom is 0.328 e. The van der Waals surface area contributed by atoms with Gasteiger partial charge in [0.05, 0.1) is 57.5 Å². The number of benzene rings is 2. The molecular weight excluding hydrogens is 682 g/mol. The van der Waals surface area contributed by atoms with Crippen molar-refractivity contribution in [1.29, 1.82) is 0 Å². The summed E-state index contributed by atoms with van der Waals surface area (Å²) in [5.74, 6) is -0.0804. The summed E-state index contributed by atoms with van der Waals surface area (Å²) in [7, 11) is 4.80. The summed E-state index contributed by atoms with van der Waals surface area (Å²) in [6.45, 7) is 2.50. The van der Waals surface area contributed by atoms with E-state index >= 15 is 0 Å². The molecule has 3 heterocycles. The molecule has 7 rings (SSSR count). The van der Waals surface area contributed by atoms with E-state index in [-0.39, 0.29) is 24.2 Å². The quantitative estimate of drug-likeness (QED) is 0.214. The Kier molecular flexibility index (Phi) is 13.1. The Morgan fingerprint density at radius 1 is 0.868 bits per heavy atom. The molecule has 1 aromatic heterocycles. The van der Waals surface area contributed by atoms with E-state index in [2.05, 4.69) is 40.8 Å². The number of pyridine rings is 1. The second-order valence-electron chi connectivity index (χ2n) is 13.0. The molecule has 2 unspecified atom stereocenters. The van der Waals surface area contributed by atoms with Crippen molar-refractivity contribution < 1.29 is 49.0 Å². The second-order valence-corrected chi connectivity index (χ2v) is 13.0. The van der Waals surface area contributed by atoms with E-state index in [0.717, 1.165) is 54.5 Å². The number of aliphatic carboxylic acids is 2. The van der Waals surface area contributed by atoms with Crippen LogP contribution in [0.1, 0.15) is 68.1 Å². The number of methoxy groups -OCH3 is 3. The number of nitrogens with zero attached hydrogens (tertiary/aromatic N) is 2. The average molecular weight is 730 g/mol. The van der Waals surface area contributed by atoms with Crippen molar-refractivity contribution in [3.63, 3.8) is 0 Å². The van der Waals surface area contributed by atoms with Gasteiger partial charge in [0.2, 0.25) is 11.8 Å². The molecular formula is C40H47N3O10. The van der Waals surface area contributed by atoms with E-state index in [0.29, 0.717) is 54.5 Å². The van der Waals surface area contributed by atoms with Crippen LogP contribution in [0.15, 0.2) is 65.7 Å². The number of aliphatic hydroxyl groups is 2. The highest BCUT2D eigenvalue weighted by atomic mass is 16.5. The zero-order valence-electron chi connectivity index (χ0n) is 30.3. The Morgan fingerprint density at radius 2 is 1.60 bits per heavy atom. The number of aromatic nitrogens is 1. The minimum absolute atomic E-state index is 0.0885. The van der Waals surface area contributed by atoms with Gasteiger partial charge in [0.1, 0.15) is 0 Å². The molecule has 4 aliphatic rings. The Balaban J connectivity index is 0.000000194. The summed E-state index contributed by atoms with van der Waals surface area (Å²) in [6, 6.07) is 16.7. The normalized spacial score (nSPS) is 22.2. The van der Waals surface area contributed by atoms with E-state index in [1.807, 2.05) is 31.2 Å². The number of carboxylic acid groups (broad SMARTS) is 2. The van der Waals surface area contributed by atoms with Crippen LogP contribution in [0.3, 0.4) is 0 Å². The fourth-order valence-corrected chi connectivity index (χ4v) is 7.22. The van der Waals surface area contributed by atoms with Crippen LogP contribution in [0, 0.1) is 0 Å². The summed E-state index contributed by atoms with van der Waals surface area (Å²) >= 11 is 0. The maximum absolute atomic E-state index is 10.3. The molecule has 2 saturated carbocycles. The van der Waals surface area contributed by atoms with E-state index in [4.69, 9.17) is 34.2 Å². The summed E-state index contributed by atoms with van der Waals surface area (Å²) in [4.78, 5) is 28.7. The number of hydrogen-bond donors (Lipinski definition) is 5. The minimum Gasteiger partial charge on any atom is -0.493 e. The first-order valence-electron chi connectivity index (χ1n) is 17.6. The smallest absolute Gasteiger partial charge is 0.328 e. The van der Waals surface area contributed by atoms with Crippen LogP contribution in [0.2, 0.25) is 0 Å². The standard InChI is InChI=1S/C23H28N2O5.C13H15NO.C4H4O4/c1-5-30-20-11-15-16-10-13(26)6-8-18(16)24-22(17(15)12-19(20)27-2)14-7-9-21(28-3)25-23(14)29-4;15-10-5-6-13-12(7-10)11-4-2-1-3-9(11)8-14-13;5-3(6)1-2-4(7)8/h7,9,11-13,16,18,26H,5-6,8,10H2,1-4H3;1-4,8,10,13-15H,5-7H2;1-2H,(H,5,6)(H,7,8)/b;;2-1+/t13-,16-,18-;;/m1../s1. The van der Waals surface area contributed by atoms with Crippen LogP contribution in [0.25, 0.3) is 11.8 Å². The van der Waals surface area contributed by atoms with Crippen molar-refractivity contribution >= 4 is 29.4 Å². The van der Waals surface area contributed by atoms with Gasteiger partial charge in [0.15, 0.2) is 11.5 Å². The predicted octanol–water partition coefficient (Wildman–Crippen LogP) is 3.16. The van der Waals surface area contributed by atoms with Crippen LogP contribution < -0.4 is 34.7 Å². The SMILES string of the molecule is CCOc1cc2c(cc1OC)C(c1ccc(OC)nc1OC)=N[C@@H]1CC[C@@H](O)C[C@H]21.O=C(O)/C=C/C(=O)O.OC1CCC2NC=c3ccccc3=C2C1. The lowest BCUT2D eigenvalue weighted by atomic mass is 9.74. The highest BCUT2D eigenvalue weighted by Gasteiger charge is 2.38. The third-order valence-corrected chi connectivity index (χ3v) is 9.64. The molecule has 13 nitrogen and oxygen atoms in total. The topological polar surface area (TPSA) is 189 Å². The van der Waals surface area contributed by atoms with Gasteiger partial charge in [0.25, 0.3) is 0 Å². The number of aliphatic hydroxyl groups excluding tert-OH is 2. The third-order valence-electron chi connectivity index (χ3n) is 9.64. The molecule has 5 atom stereocenters. The lowest BCUT2D eigenvalue weighted by molar-refractivity contribution is -0.134. The van der Waals surface area contributed by atoms with Crippen molar-refractivity contribution in [2.45, 2.75) is 75.7 Å². The third kappa shape index (κ3) is 9.34. The van der Waals surface area contributed by atoms with Crippen molar-refractivity contribution in [3.05, 3.63) is 87.8 Å². The van der Waals surface area contributed by atoms with Gasteiger partial charge in [-0.1, -0.05) is 24.3 Å². The highest BCUT2D eigenvalue weighted by molar-refractivity contribution is 6.16. The molecule has 13 heteroatoms. The first kappa shape index (κ1) is 38.8. The summed E-state index contributed by atoms with van der Waals surface area (Å²) in [5, 5.41) is 41.7. The molecule has 5 N–H and O–H groups in total. The lowest BCUT2D eigenvalue weighted by Gasteiger charge is -2.37. The van der Waals surface area contributed by atoms with Crippen molar-refractivity contribution in [2.75, 3.05) is 27.9 Å². The Hall–Kier alpha value is -5.40. The first-order valence-corrected chi connectivity index (χ1v) is 17.6. The van der Waals surface area contributed by atoms with Gasteiger partial charge in [0, 0.05) is 41.9 Å². The van der Waals surface area contributed by atoms with Crippen molar-refractivity contribution in [3.8, 4) is 23.3 Å². The minimum atomic E-state index is -1.26. The van der Waals surface area contributed by atoms with Crippen molar-refractivity contribution in [1.82, 2.24) is 10.3 Å². The fourth-order valence-electron chi connectivity index (χ4n) is 7.22. The monoisotopic (exact) mass is 729 g/mol. The molecule has 0 radical (unpaired) electrons. The zero-order valence-corrected chi connectivity index (χ0v) is 30.3. The van der Waals surface area contributed by atoms with Crippen LogP contribution in [-0.2, 0) is 9.59 Å². The van der Waals surface area contributed by atoms with E-state index in [1.54, 1.807) is 21.3 Å². The zero-order chi connectivity index (χ0) is 38.1. The maximum atomic E-state index is 10.3. The van der Waals surface area contributed by atoms with E-state index in [9.17, 15) is 19.8 Å². The Morgan fingerprint density at radius 3 is 2.28 bits per heavy atom. The molecule has 0 bridgehead atoms. The number of rotatable bonds is 8. The van der Waals surface area contributed by atoms with Gasteiger partial charge in [-0.15, -0.1) is 0 Å². The number of ether oxygens (including phenoxy) is 4. The van der Waals surface area contributed by atoms with Crippen molar-refractivity contribution in [2.24, 2.45) is 4.99 Å². The van der Waals surface area contributed by atoms with Gasteiger partial charge in [-0.2, -0.15) is 4.98 Å². The first-order chi connectivity index (χ1) is 25.6. The average Bonchev–Trinajstić information content (AvgIpc) is 3.17. The number of hydrogen-bond acceptors (Lipinski definition) is 11. The van der Waals surface area contributed by atoms with Gasteiger partial charge in [-0.25, -0.2) is 9.59 Å². The van der Waals surface area contributed by atoms with Gasteiger partial charge in [-0.05, 0) is 85.2 Å². The molecule has 0 spiro atoms. The molecule has 0 saturated heterocycles. The second kappa shape index (κ2) is 17.9. The molecule has 53 heavy (non-hydrogen) atoms. The lowest BCUT2D eigenvalue weighted by Crippen LogP contribution is -2.45. The Labute approximate surface area is 307 Å². The summed E-state index contributed by atoms with van der Waals surface area (Å²) in [5.41, 5.74) is 5.07. The Bertz CT molecular complexity index is 1960. The summed E-state index contributed by atoms with van der Waals surface area (Å²) < 4.78 is 22.2. The molecule has 2 aliphatic carbocycles. The molecule has 2 aromatic carbocycles. The number of carbonyl (C=O) groups is 2. The van der Waals surface area contributed by atoms with Gasteiger partial charge in [-0.3, -0.25) is 4.99 Å². The van der Waals surface area contributed by atoms with Crippen LogP contribution in [0.5, 0.6) is 23.3 Å². The van der Waals surface area contributed by atoms with Crippen LogP contribution in [0.4, 0.5) is 0 Å². The number of fused-ring (bicyclic) bond motifs is 5. The predicted molar refractivity (Wildman–Crippen MR) is 198 cm³/mol. The van der Waals surface area contributed by atoms with E-state index in [1.165, 1.54) is 16.0 Å². The largest absolute Gasteiger partial charge is 0.493 e. The number of aliphatic imine (C=N–C) groups is 1. The van der Waals surface area contributed by atoms with Crippen LogP contribution in [-0.4, -0.2) is 95.3 Å². The molecule has 2 fully saturated rings. The fraction of sp³-hybridized carbons (Fsp3) is 0.400. The van der Waals surface area contributed by atoms with Gasteiger partial charge >= 0.3 is 11.9 Å². The molecule has 0 amide bonds. The molecule has 2 aliphatic heterocycles.